The number of ketones is 1. The van der Waals surface area contributed by atoms with Gasteiger partial charge in [-0.1, -0.05) is 0 Å². The summed E-state index contributed by atoms with van der Waals surface area (Å²) in [5.74, 6) is -0.520. The molecule has 4 heteroatoms. The molecular weight excluding hydrogens is 135 g/mol. The Kier molecular flexibility index (Phi) is 1.80. The van der Waals surface area contributed by atoms with E-state index >= 15 is 0 Å². The first-order valence-electron chi connectivity index (χ1n) is 2.82. The molecule has 0 amide bonds. The molecule has 0 spiro atoms. The van der Waals surface area contributed by atoms with E-state index in [-0.39, 0.29) is 0 Å². The number of carbonyl (C=O) groups is 1. The van der Waals surface area contributed by atoms with Crippen LogP contribution in [0.1, 0.15) is 10.4 Å². The molecule has 0 aliphatic rings. The SMILES string of the molecule is Cn1cc(C(=O)CF)cn1. The number of rotatable bonds is 2. The number of hydrogen-bond acceptors (Lipinski definition) is 2. The van der Waals surface area contributed by atoms with Gasteiger partial charge in [0.15, 0.2) is 12.5 Å². The number of Topliss-reactive ketones (excluding diaryl/α,β-unsaturated/α-hetero) is 1. The zero-order valence-electron chi connectivity index (χ0n) is 5.54. The summed E-state index contributed by atoms with van der Waals surface area (Å²) in [6.07, 6.45) is 2.84. The summed E-state index contributed by atoms with van der Waals surface area (Å²) in [6, 6.07) is 0. The normalized spacial score (nSPS) is 9.80. The molecule has 0 radical (unpaired) electrons. The van der Waals surface area contributed by atoms with Crippen LogP contribution >= 0.6 is 0 Å². The Hall–Kier alpha value is -1.19. The fourth-order valence-electron chi connectivity index (χ4n) is 0.642. The first-order chi connectivity index (χ1) is 4.74. The molecule has 0 aliphatic heterocycles. The molecule has 1 heterocycles. The average molecular weight is 142 g/mol. The quantitative estimate of drug-likeness (QED) is 0.566. The summed E-state index contributed by atoms with van der Waals surface area (Å²) in [5, 5.41) is 3.71. The second-order valence-electron chi connectivity index (χ2n) is 1.96. The summed E-state index contributed by atoms with van der Waals surface area (Å²) in [4.78, 5) is 10.6. The standard InChI is InChI=1S/C6H7FN2O/c1-9-4-5(3-8-9)6(10)2-7/h3-4H,2H2,1H3. The van der Waals surface area contributed by atoms with Crippen molar-refractivity contribution in [2.45, 2.75) is 0 Å². The highest BCUT2D eigenvalue weighted by Crippen LogP contribution is 1.97. The van der Waals surface area contributed by atoms with Crippen LogP contribution in [0.3, 0.4) is 0 Å². The highest BCUT2D eigenvalue weighted by atomic mass is 19.1. The minimum atomic E-state index is -0.953. The highest BCUT2D eigenvalue weighted by molar-refractivity contribution is 5.96. The third kappa shape index (κ3) is 1.21. The van der Waals surface area contributed by atoms with Crippen LogP contribution in [0, 0.1) is 0 Å². The zero-order valence-corrected chi connectivity index (χ0v) is 5.54. The summed E-state index contributed by atoms with van der Waals surface area (Å²) in [7, 11) is 1.68. The number of aryl methyl sites for hydroxylation is 1. The number of carbonyl (C=O) groups excluding carboxylic acids is 1. The molecule has 0 bridgehead atoms. The van der Waals surface area contributed by atoms with Crippen LogP contribution < -0.4 is 0 Å². The second kappa shape index (κ2) is 2.60. The molecule has 0 unspecified atom stereocenters. The van der Waals surface area contributed by atoms with E-state index in [1.165, 1.54) is 17.1 Å². The molecule has 1 rings (SSSR count). The largest absolute Gasteiger partial charge is 0.291 e. The Morgan fingerprint density at radius 1 is 1.90 bits per heavy atom. The minimum absolute atomic E-state index is 0.324. The molecule has 0 atom stereocenters. The summed E-state index contributed by atoms with van der Waals surface area (Å²) < 4.78 is 13.2. The van der Waals surface area contributed by atoms with Gasteiger partial charge in [0.1, 0.15) is 0 Å². The Morgan fingerprint density at radius 2 is 2.60 bits per heavy atom. The number of halogens is 1. The van der Waals surface area contributed by atoms with Gasteiger partial charge in [-0.2, -0.15) is 5.10 Å². The maximum Gasteiger partial charge on any atom is 0.196 e. The third-order valence-corrected chi connectivity index (χ3v) is 1.15. The van der Waals surface area contributed by atoms with Crippen molar-refractivity contribution in [3.63, 3.8) is 0 Å². The Morgan fingerprint density at radius 3 is 3.00 bits per heavy atom. The maximum atomic E-state index is 11.7. The van der Waals surface area contributed by atoms with E-state index in [0.717, 1.165) is 0 Å². The predicted octanol–water partition coefficient (Wildman–Crippen LogP) is 0.572. The van der Waals surface area contributed by atoms with E-state index in [0.29, 0.717) is 5.56 Å². The lowest BCUT2D eigenvalue weighted by molar-refractivity contribution is 0.0958. The van der Waals surface area contributed by atoms with Gasteiger partial charge in [-0.3, -0.25) is 9.48 Å². The van der Waals surface area contributed by atoms with E-state index in [1.54, 1.807) is 7.05 Å². The third-order valence-electron chi connectivity index (χ3n) is 1.15. The first kappa shape index (κ1) is 6.92. The van der Waals surface area contributed by atoms with Crippen LogP contribution in [0.5, 0.6) is 0 Å². The molecule has 0 saturated carbocycles. The van der Waals surface area contributed by atoms with Crippen molar-refractivity contribution in [2.24, 2.45) is 7.05 Å². The monoisotopic (exact) mass is 142 g/mol. The highest BCUT2D eigenvalue weighted by Gasteiger charge is 2.05. The van der Waals surface area contributed by atoms with Gasteiger partial charge in [-0.25, -0.2) is 4.39 Å². The minimum Gasteiger partial charge on any atom is -0.291 e. The molecule has 54 valence electrons. The first-order valence-corrected chi connectivity index (χ1v) is 2.82. The van der Waals surface area contributed by atoms with Crippen LogP contribution in [0.2, 0.25) is 0 Å². The molecule has 0 aliphatic carbocycles. The van der Waals surface area contributed by atoms with Gasteiger partial charge in [0.25, 0.3) is 0 Å². The van der Waals surface area contributed by atoms with Gasteiger partial charge < -0.3 is 0 Å². The van der Waals surface area contributed by atoms with Crippen molar-refractivity contribution < 1.29 is 9.18 Å². The molecule has 3 nitrogen and oxygen atoms in total. The lowest BCUT2D eigenvalue weighted by Gasteiger charge is -1.85. The molecule has 0 saturated heterocycles. The number of aromatic nitrogens is 2. The molecular formula is C6H7FN2O. The van der Waals surface area contributed by atoms with Crippen LogP contribution in [-0.4, -0.2) is 22.2 Å². The molecule has 10 heavy (non-hydrogen) atoms. The lowest BCUT2D eigenvalue weighted by Crippen LogP contribution is -1.98. The molecule has 0 aromatic carbocycles. The van der Waals surface area contributed by atoms with E-state index in [1.807, 2.05) is 0 Å². The maximum absolute atomic E-state index is 11.7. The number of hydrogen-bond donors (Lipinski definition) is 0. The van der Waals surface area contributed by atoms with Gasteiger partial charge in [-0.15, -0.1) is 0 Å². The Balaban J connectivity index is 2.85. The fraction of sp³-hybridized carbons (Fsp3) is 0.333. The van der Waals surface area contributed by atoms with Gasteiger partial charge in [0, 0.05) is 13.2 Å². The molecule has 0 N–H and O–H groups in total. The smallest absolute Gasteiger partial charge is 0.196 e. The number of alkyl halides is 1. The van der Waals surface area contributed by atoms with Gasteiger partial charge in [0.05, 0.1) is 11.8 Å². The second-order valence-corrected chi connectivity index (χ2v) is 1.96. The zero-order chi connectivity index (χ0) is 7.56. The van der Waals surface area contributed by atoms with Crippen molar-refractivity contribution in [1.29, 1.82) is 0 Å². The molecule has 1 aromatic heterocycles. The van der Waals surface area contributed by atoms with Crippen LogP contribution in [0.4, 0.5) is 4.39 Å². The van der Waals surface area contributed by atoms with Crippen molar-refractivity contribution in [3.05, 3.63) is 18.0 Å². The predicted molar refractivity (Wildman–Crippen MR) is 33.5 cm³/mol. The summed E-state index contributed by atoms with van der Waals surface area (Å²) in [5.41, 5.74) is 0.324. The molecule has 1 aromatic rings. The topological polar surface area (TPSA) is 34.9 Å². The lowest BCUT2D eigenvalue weighted by atomic mass is 10.2. The molecule has 0 fully saturated rings. The van der Waals surface area contributed by atoms with Crippen molar-refractivity contribution in [3.8, 4) is 0 Å². The van der Waals surface area contributed by atoms with E-state index in [4.69, 9.17) is 0 Å². The Bertz CT molecular complexity index is 244. The number of nitrogens with zero attached hydrogens (tertiary/aromatic N) is 2. The van der Waals surface area contributed by atoms with Crippen molar-refractivity contribution in [2.75, 3.05) is 6.67 Å². The average Bonchev–Trinajstić information content (AvgIpc) is 2.34. The van der Waals surface area contributed by atoms with Gasteiger partial charge in [-0.05, 0) is 0 Å². The van der Waals surface area contributed by atoms with Crippen LogP contribution in [-0.2, 0) is 7.05 Å². The summed E-state index contributed by atoms with van der Waals surface area (Å²) in [6.45, 7) is -0.953. The van der Waals surface area contributed by atoms with Crippen LogP contribution in [0.25, 0.3) is 0 Å². The van der Waals surface area contributed by atoms with Gasteiger partial charge in [0.2, 0.25) is 0 Å². The summed E-state index contributed by atoms with van der Waals surface area (Å²) >= 11 is 0. The van der Waals surface area contributed by atoms with Gasteiger partial charge >= 0.3 is 0 Å². The fourth-order valence-corrected chi connectivity index (χ4v) is 0.642. The van der Waals surface area contributed by atoms with E-state index in [2.05, 4.69) is 5.10 Å². The van der Waals surface area contributed by atoms with Crippen LogP contribution in [0.15, 0.2) is 12.4 Å². The van der Waals surface area contributed by atoms with E-state index in [9.17, 15) is 9.18 Å². The van der Waals surface area contributed by atoms with E-state index < -0.39 is 12.5 Å². The van der Waals surface area contributed by atoms with Crippen molar-refractivity contribution in [1.82, 2.24) is 9.78 Å². The Labute approximate surface area is 57.5 Å². The van der Waals surface area contributed by atoms with Crippen molar-refractivity contribution >= 4 is 5.78 Å².